The number of benzene rings is 2. The van der Waals surface area contributed by atoms with E-state index in [1.807, 2.05) is 30.3 Å². The zero-order valence-corrected chi connectivity index (χ0v) is 13.7. The van der Waals surface area contributed by atoms with Crippen LogP contribution in [-0.2, 0) is 4.79 Å². The second kappa shape index (κ2) is 7.50. The van der Waals surface area contributed by atoms with Crippen LogP contribution in [-0.4, -0.2) is 18.5 Å². The maximum absolute atomic E-state index is 11.9. The van der Waals surface area contributed by atoms with Crippen molar-refractivity contribution >= 4 is 17.6 Å². The summed E-state index contributed by atoms with van der Waals surface area (Å²) in [4.78, 5) is 23.2. The Morgan fingerprint density at radius 3 is 2.38 bits per heavy atom. The van der Waals surface area contributed by atoms with Crippen molar-refractivity contribution in [2.45, 2.75) is 13.8 Å². The number of anilines is 1. The molecular weight excluding hydrogens is 306 g/mol. The third-order valence-electron chi connectivity index (χ3n) is 3.43. The van der Waals surface area contributed by atoms with Gasteiger partial charge in [0.2, 0.25) is 5.91 Å². The summed E-state index contributed by atoms with van der Waals surface area (Å²) in [5, 5.41) is 5.33. The number of ether oxygens (including phenoxy) is 1. The predicted molar refractivity (Wildman–Crippen MR) is 93.0 cm³/mol. The first-order valence-electron chi connectivity index (χ1n) is 7.54. The van der Waals surface area contributed by atoms with E-state index in [1.54, 1.807) is 38.1 Å². The molecule has 0 radical (unpaired) electrons. The minimum Gasteiger partial charge on any atom is -0.457 e. The predicted octanol–water partition coefficient (Wildman–Crippen LogP) is 3.11. The number of nitrogens with two attached hydrogens (primary N) is 1. The first-order valence-corrected chi connectivity index (χ1v) is 7.54. The Morgan fingerprint density at radius 2 is 1.71 bits per heavy atom. The molecule has 0 spiro atoms. The maximum atomic E-state index is 11.9. The lowest BCUT2D eigenvalue weighted by Crippen LogP contribution is -2.43. The molecule has 126 valence electrons. The molecule has 0 saturated carbocycles. The summed E-state index contributed by atoms with van der Waals surface area (Å²) in [5.41, 5.74) is 5.05. The minimum absolute atomic E-state index is 0.147. The molecule has 4 N–H and O–H groups in total. The molecule has 2 aromatic carbocycles. The van der Waals surface area contributed by atoms with Gasteiger partial charge in [-0.2, -0.15) is 0 Å². The van der Waals surface area contributed by atoms with Gasteiger partial charge in [-0.25, -0.2) is 4.79 Å². The second-order valence-corrected chi connectivity index (χ2v) is 6.00. The van der Waals surface area contributed by atoms with Crippen molar-refractivity contribution in [3.63, 3.8) is 0 Å². The highest BCUT2D eigenvalue weighted by Crippen LogP contribution is 2.23. The lowest BCUT2D eigenvalue weighted by Gasteiger charge is -2.20. The first-order chi connectivity index (χ1) is 11.4. The van der Waals surface area contributed by atoms with Crippen LogP contribution >= 0.6 is 0 Å². The van der Waals surface area contributed by atoms with Crippen LogP contribution in [0, 0.1) is 5.41 Å². The summed E-state index contributed by atoms with van der Waals surface area (Å²) in [6.45, 7) is 3.49. The van der Waals surface area contributed by atoms with Crippen LogP contribution in [0.25, 0.3) is 0 Å². The smallest absolute Gasteiger partial charge is 0.319 e. The number of urea groups is 1. The quantitative estimate of drug-likeness (QED) is 0.761. The molecule has 0 atom stereocenters. The van der Waals surface area contributed by atoms with Crippen molar-refractivity contribution in [1.82, 2.24) is 5.32 Å². The molecule has 0 aromatic heterocycles. The molecule has 0 aliphatic rings. The van der Waals surface area contributed by atoms with Gasteiger partial charge in [0, 0.05) is 18.3 Å². The molecule has 6 heteroatoms. The van der Waals surface area contributed by atoms with E-state index in [1.165, 1.54) is 0 Å². The Hall–Kier alpha value is -3.02. The third kappa shape index (κ3) is 5.01. The van der Waals surface area contributed by atoms with Gasteiger partial charge in [-0.15, -0.1) is 0 Å². The molecule has 0 heterocycles. The molecule has 0 aliphatic heterocycles. The fourth-order valence-electron chi connectivity index (χ4n) is 1.83. The standard InChI is InChI=1S/C18H21N3O3/c1-18(2,16(19)22)12-20-17(23)21-13-7-6-10-15(11-13)24-14-8-4-3-5-9-14/h3-11H,12H2,1-2H3,(H2,19,22)(H2,20,21,23). The van der Waals surface area contributed by atoms with Crippen LogP contribution < -0.4 is 21.1 Å². The topological polar surface area (TPSA) is 93.4 Å². The number of hydrogen-bond acceptors (Lipinski definition) is 3. The highest BCUT2D eigenvalue weighted by atomic mass is 16.5. The Morgan fingerprint density at radius 1 is 1.04 bits per heavy atom. The van der Waals surface area contributed by atoms with Gasteiger partial charge in [-0.05, 0) is 38.1 Å². The van der Waals surface area contributed by atoms with Crippen LogP contribution in [0.15, 0.2) is 54.6 Å². The Labute approximate surface area is 141 Å². The van der Waals surface area contributed by atoms with E-state index in [4.69, 9.17) is 10.5 Å². The van der Waals surface area contributed by atoms with Gasteiger partial charge in [-0.3, -0.25) is 4.79 Å². The molecule has 0 aliphatic carbocycles. The molecule has 0 saturated heterocycles. The summed E-state index contributed by atoms with van der Waals surface area (Å²) in [6.07, 6.45) is 0. The largest absolute Gasteiger partial charge is 0.457 e. The van der Waals surface area contributed by atoms with Crippen molar-refractivity contribution in [2.75, 3.05) is 11.9 Å². The van der Waals surface area contributed by atoms with E-state index in [0.717, 1.165) is 0 Å². The van der Waals surface area contributed by atoms with Gasteiger partial charge in [0.15, 0.2) is 0 Å². The summed E-state index contributed by atoms with van der Waals surface area (Å²) >= 11 is 0. The zero-order valence-electron chi connectivity index (χ0n) is 13.7. The number of amides is 3. The summed E-state index contributed by atoms with van der Waals surface area (Å²) in [7, 11) is 0. The van der Waals surface area contributed by atoms with Crippen molar-refractivity contribution in [2.24, 2.45) is 11.1 Å². The van der Waals surface area contributed by atoms with Gasteiger partial charge in [-0.1, -0.05) is 24.3 Å². The molecule has 3 amide bonds. The van der Waals surface area contributed by atoms with E-state index in [9.17, 15) is 9.59 Å². The molecular formula is C18H21N3O3. The van der Waals surface area contributed by atoms with Gasteiger partial charge in [0.25, 0.3) is 0 Å². The minimum atomic E-state index is -0.810. The number of primary amides is 1. The molecule has 2 rings (SSSR count). The molecule has 0 unspecified atom stereocenters. The van der Waals surface area contributed by atoms with Gasteiger partial charge in [0.1, 0.15) is 11.5 Å². The molecule has 24 heavy (non-hydrogen) atoms. The zero-order chi connectivity index (χ0) is 17.6. The van der Waals surface area contributed by atoms with Crippen LogP contribution in [0.5, 0.6) is 11.5 Å². The van der Waals surface area contributed by atoms with Crippen molar-refractivity contribution in [3.8, 4) is 11.5 Å². The lowest BCUT2D eigenvalue weighted by atomic mass is 9.93. The first kappa shape index (κ1) is 17.3. The SMILES string of the molecule is CC(C)(CNC(=O)Nc1cccc(Oc2ccccc2)c1)C(N)=O. The highest BCUT2D eigenvalue weighted by Gasteiger charge is 2.25. The summed E-state index contributed by atoms with van der Waals surface area (Å²) < 4.78 is 5.71. The van der Waals surface area contributed by atoms with E-state index in [-0.39, 0.29) is 6.54 Å². The number of carbonyl (C=O) groups excluding carboxylic acids is 2. The number of carbonyl (C=O) groups is 2. The molecule has 0 bridgehead atoms. The monoisotopic (exact) mass is 327 g/mol. The van der Waals surface area contributed by atoms with Crippen molar-refractivity contribution in [3.05, 3.63) is 54.6 Å². The average molecular weight is 327 g/mol. The van der Waals surface area contributed by atoms with E-state index < -0.39 is 17.4 Å². The Balaban J connectivity index is 1.94. The van der Waals surface area contributed by atoms with Crippen LogP contribution in [0.4, 0.5) is 10.5 Å². The number of rotatable bonds is 6. The summed E-state index contributed by atoms with van der Waals surface area (Å²) in [6, 6.07) is 16.0. The van der Waals surface area contributed by atoms with Crippen molar-refractivity contribution in [1.29, 1.82) is 0 Å². The molecule has 2 aromatic rings. The third-order valence-corrected chi connectivity index (χ3v) is 3.43. The fourth-order valence-corrected chi connectivity index (χ4v) is 1.83. The maximum Gasteiger partial charge on any atom is 0.319 e. The average Bonchev–Trinajstić information content (AvgIpc) is 2.54. The van der Waals surface area contributed by atoms with Gasteiger partial charge in [0.05, 0.1) is 5.41 Å². The fraction of sp³-hybridized carbons (Fsp3) is 0.222. The molecule has 0 fully saturated rings. The van der Waals surface area contributed by atoms with Crippen LogP contribution in [0.3, 0.4) is 0 Å². The van der Waals surface area contributed by atoms with Crippen LogP contribution in [0.1, 0.15) is 13.8 Å². The normalized spacial score (nSPS) is 10.8. The highest BCUT2D eigenvalue weighted by molar-refractivity contribution is 5.90. The van der Waals surface area contributed by atoms with E-state index in [0.29, 0.717) is 17.2 Å². The van der Waals surface area contributed by atoms with Gasteiger partial charge >= 0.3 is 6.03 Å². The Kier molecular flexibility index (Phi) is 5.42. The van der Waals surface area contributed by atoms with Crippen LogP contribution in [0.2, 0.25) is 0 Å². The van der Waals surface area contributed by atoms with E-state index >= 15 is 0 Å². The Bertz CT molecular complexity index is 714. The summed E-state index contributed by atoms with van der Waals surface area (Å²) in [5.74, 6) is 0.847. The molecule has 6 nitrogen and oxygen atoms in total. The number of nitrogens with one attached hydrogen (secondary N) is 2. The number of hydrogen-bond donors (Lipinski definition) is 3. The number of para-hydroxylation sites is 1. The second-order valence-electron chi connectivity index (χ2n) is 6.00. The van der Waals surface area contributed by atoms with Gasteiger partial charge < -0.3 is 21.1 Å². The van der Waals surface area contributed by atoms with Crippen molar-refractivity contribution < 1.29 is 14.3 Å². The van der Waals surface area contributed by atoms with E-state index in [2.05, 4.69) is 10.6 Å². The lowest BCUT2D eigenvalue weighted by molar-refractivity contribution is -0.125.